The number of ether oxygens (including phenoxy) is 1. The van der Waals surface area contributed by atoms with Gasteiger partial charge in [-0.2, -0.15) is 0 Å². The van der Waals surface area contributed by atoms with Crippen molar-refractivity contribution < 1.29 is 4.74 Å². The first-order chi connectivity index (χ1) is 7.82. The van der Waals surface area contributed by atoms with Gasteiger partial charge in [-0.05, 0) is 49.1 Å². The second-order valence-electron chi connectivity index (χ2n) is 5.17. The summed E-state index contributed by atoms with van der Waals surface area (Å²) in [5.41, 5.74) is 0.710. The summed E-state index contributed by atoms with van der Waals surface area (Å²) in [7, 11) is 1.73. The Balaban J connectivity index is 1.46. The van der Waals surface area contributed by atoms with E-state index < -0.39 is 0 Å². The van der Waals surface area contributed by atoms with Crippen LogP contribution in [0.3, 0.4) is 0 Å². The number of hydrogen-bond acceptors (Lipinski definition) is 3. The Morgan fingerprint density at radius 1 is 1.44 bits per heavy atom. The molecule has 3 rings (SSSR count). The van der Waals surface area contributed by atoms with E-state index in [1.807, 2.05) is 0 Å². The first-order valence-corrected chi connectivity index (χ1v) is 6.97. The van der Waals surface area contributed by atoms with Gasteiger partial charge in [0.25, 0.3) is 0 Å². The topological polar surface area (TPSA) is 21.3 Å². The average Bonchev–Trinajstić information content (AvgIpc) is 3.17. The molecule has 16 heavy (non-hydrogen) atoms. The molecule has 0 amide bonds. The van der Waals surface area contributed by atoms with E-state index in [0.29, 0.717) is 5.41 Å². The molecule has 0 bridgehead atoms. The van der Waals surface area contributed by atoms with E-state index in [-0.39, 0.29) is 0 Å². The fourth-order valence-electron chi connectivity index (χ4n) is 2.58. The second kappa shape index (κ2) is 4.04. The van der Waals surface area contributed by atoms with Crippen LogP contribution in [0.2, 0.25) is 0 Å². The van der Waals surface area contributed by atoms with E-state index in [0.717, 1.165) is 17.5 Å². The molecule has 3 heteroatoms. The molecule has 2 saturated carbocycles. The maximum absolute atomic E-state index is 5.19. The fourth-order valence-corrected chi connectivity index (χ4v) is 3.37. The molecule has 2 fully saturated rings. The molecule has 2 nitrogen and oxygen atoms in total. The summed E-state index contributed by atoms with van der Waals surface area (Å²) in [5.74, 6) is 1.05. The standard InChI is InChI=1S/C13H19NOS/c1-15-12-5-4-11(16-12)8-14-9-13(6-7-13)10-2-3-10/h4-5,10,14H,2-3,6-9H2,1H3. The van der Waals surface area contributed by atoms with Gasteiger partial charge in [-0.25, -0.2) is 0 Å². The van der Waals surface area contributed by atoms with Crippen molar-refractivity contribution >= 4 is 11.3 Å². The van der Waals surface area contributed by atoms with Crippen molar-refractivity contribution in [1.29, 1.82) is 0 Å². The summed E-state index contributed by atoms with van der Waals surface area (Å²) in [6, 6.07) is 4.21. The monoisotopic (exact) mass is 237 g/mol. The van der Waals surface area contributed by atoms with E-state index >= 15 is 0 Å². The number of rotatable bonds is 6. The van der Waals surface area contributed by atoms with E-state index in [1.165, 1.54) is 37.1 Å². The summed E-state index contributed by atoms with van der Waals surface area (Å²) < 4.78 is 5.19. The third-order valence-corrected chi connectivity index (χ3v) is 5.00. The Morgan fingerprint density at radius 3 is 2.81 bits per heavy atom. The molecular weight excluding hydrogens is 218 g/mol. The smallest absolute Gasteiger partial charge is 0.173 e. The molecule has 0 saturated heterocycles. The van der Waals surface area contributed by atoms with E-state index in [1.54, 1.807) is 18.4 Å². The molecule has 2 aliphatic rings. The SMILES string of the molecule is COc1ccc(CNCC2(C3CC3)CC2)s1. The highest BCUT2D eigenvalue weighted by Crippen LogP contribution is 2.60. The highest BCUT2D eigenvalue weighted by Gasteiger charge is 2.53. The van der Waals surface area contributed by atoms with Gasteiger partial charge in [-0.15, -0.1) is 11.3 Å². The van der Waals surface area contributed by atoms with Crippen molar-refractivity contribution in [3.63, 3.8) is 0 Å². The first kappa shape index (κ1) is 10.6. The predicted molar refractivity (Wildman–Crippen MR) is 67.0 cm³/mol. The van der Waals surface area contributed by atoms with Crippen LogP contribution in [0.5, 0.6) is 5.06 Å². The van der Waals surface area contributed by atoms with Gasteiger partial charge in [0.05, 0.1) is 7.11 Å². The summed E-state index contributed by atoms with van der Waals surface area (Å²) in [6.45, 7) is 2.22. The molecule has 0 spiro atoms. The lowest BCUT2D eigenvalue weighted by atomic mass is 10.0. The van der Waals surface area contributed by atoms with Crippen LogP contribution in [0.1, 0.15) is 30.6 Å². The highest BCUT2D eigenvalue weighted by molar-refractivity contribution is 7.13. The molecule has 88 valence electrons. The third-order valence-electron chi connectivity index (χ3n) is 3.95. The Hall–Kier alpha value is -0.540. The fraction of sp³-hybridized carbons (Fsp3) is 0.692. The van der Waals surface area contributed by atoms with Crippen molar-refractivity contribution in [3.8, 4) is 5.06 Å². The Kier molecular flexibility index (Phi) is 2.68. The largest absolute Gasteiger partial charge is 0.487 e. The van der Waals surface area contributed by atoms with Gasteiger partial charge in [0.15, 0.2) is 5.06 Å². The molecule has 1 aromatic heterocycles. The van der Waals surface area contributed by atoms with Crippen molar-refractivity contribution in [2.45, 2.75) is 32.2 Å². The first-order valence-electron chi connectivity index (χ1n) is 6.16. The zero-order valence-electron chi connectivity index (χ0n) is 9.79. The third kappa shape index (κ3) is 2.11. The highest BCUT2D eigenvalue weighted by atomic mass is 32.1. The summed E-state index contributed by atoms with van der Waals surface area (Å²) in [4.78, 5) is 1.38. The molecule has 0 unspecified atom stereocenters. The van der Waals surface area contributed by atoms with Crippen LogP contribution in [0.25, 0.3) is 0 Å². The Bertz CT molecular complexity index is 366. The van der Waals surface area contributed by atoms with Gasteiger partial charge in [0, 0.05) is 18.0 Å². The predicted octanol–water partition coefficient (Wildman–Crippen LogP) is 3.04. The van der Waals surface area contributed by atoms with Gasteiger partial charge in [-0.1, -0.05) is 0 Å². The molecule has 0 radical (unpaired) electrons. The van der Waals surface area contributed by atoms with E-state index in [2.05, 4.69) is 17.4 Å². The van der Waals surface area contributed by atoms with E-state index in [4.69, 9.17) is 4.74 Å². The molecule has 1 N–H and O–H groups in total. The number of hydrogen-bond donors (Lipinski definition) is 1. The minimum absolute atomic E-state index is 0.710. The lowest BCUT2D eigenvalue weighted by Gasteiger charge is -2.14. The average molecular weight is 237 g/mol. The summed E-state index contributed by atoms with van der Waals surface area (Å²) >= 11 is 1.74. The van der Waals surface area contributed by atoms with Crippen LogP contribution in [-0.4, -0.2) is 13.7 Å². The minimum atomic E-state index is 0.710. The Labute approximate surface area is 101 Å². The summed E-state index contributed by atoms with van der Waals surface area (Å²) in [6.07, 6.45) is 5.87. The van der Waals surface area contributed by atoms with Crippen molar-refractivity contribution in [2.75, 3.05) is 13.7 Å². The Morgan fingerprint density at radius 2 is 2.25 bits per heavy atom. The van der Waals surface area contributed by atoms with Gasteiger partial charge in [0.1, 0.15) is 0 Å². The van der Waals surface area contributed by atoms with Gasteiger partial charge < -0.3 is 10.1 Å². The van der Waals surface area contributed by atoms with Crippen LogP contribution in [-0.2, 0) is 6.54 Å². The van der Waals surface area contributed by atoms with Crippen LogP contribution in [0.4, 0.5) is 0 Å². The number of nitrogens with one attached hydrogen (secondary N) is 1. The van der Waals surface area contributed by atoms with Crippen LogP contribution >= 0.6 is 11.3 Å². The van der Waals surface area contributed by atoms with E-state index in [9.17, 15) is 0 Å². The van der Waals surface area contributed by atoms with Crippen LogP contribution in [0.15, 0.2) is 12.1 Å². The van der Waals surface area contributed by atoms with Crippen LogP contribution in [0, 0.1) is 11.3 Å². The molecular formula is C13H19NOS. The normalized spacial score (nSPS) is 22.1. The van der Waals surface area contributed by atoms with Crippen molar-refractivity contribution in [1.82, 2.24) is 5.32 Å². The number of methoxy groups -OCH3 is 1. The summed E-state index contributed by atoms with van der Waals surface area (Å²) in [5, 5.41) is 4.63. The molecule has 2 aliphatic carbocycles. The molecule has 0 aromatic carbocycles. The van der Waals surface area contributed by atoms with Gasteiger partial charge in [-0.3, -0.25) is 0 Å². The minimum Gasteiger partial charge on any atom is -0.487 e. The van der Waals surface area contributed by atoms with Crippen molar-refractivity contribution in [2.24, 2.45) is 11.3 Å². The zero-order chi connectivity index (χ0) is 11.0. The maximum Gasteiger partial charge on any atom is 0.173 e. The lowest BCUT2D eigenvalue weighted by Crippen LogP contribution is -2.24. The molecule has 1 aromatic rings. The molecule has 0 aliphatic heterocycles. The van der Waals surface area contributed by atoms with Gasteiger partial charge in [0.2, 0.25) is 0 Å². The molecule has 1 heterocycles. The van der Waals surface area contributed by atoms with Gasteiger partial charge >= 0.3 is 0 Å². The quantitative estimate of drug-likeness (QED) is 0.821. The van der Waals surface area contributed by atoms with Crippen LogP contribution < -0.4 is 10.1 Å². The van der Waals surface area contributed by atoms with Crippen molar-refractivity contribution in [3.05, 3.63) is 17.0 Å². The number of thiophene rings is 1. The maximum atomic E-state index is 5.19. The second-order valence-corrected chi connectivity index (χ2v) is 6.30. The molecule has 0 atom stereocenters. The zero-order valence-corrected chi connectivity index (χ0v) is 10.6. The lowest BCUT2D eigenvalue weighted by molar-refractivity contribution is 0.404.